The molecule has 27 heavy (non-hydrogen) atoms. The van der Waals surface area contributed by atoms with Crippen LogP contribution in [0.4, 0.5) is 5.69 Å². The lowest BCUT2D eigenvalue weighted by Crippen LogP contribution is -2.72. The van der Waals surface area contributed by atoms with Crippen LogP contribution in [0.2, 0.25) is 0 Å². The first-order valence-corrected chi connectivity index (χ1v) is 9.81. The first-order chi connectivity index (χ1) is 13.1. The number of methoxy groups -OCH3 is 2. The van der Waals surface area contributed by atoms with E-state index >= 15 is 0 Å². The summed E-state index contributed by atoms with van der Waals surface area (Å²) in [7, 11) is 3.21. The van der Waals surface area contributed by atoms with Gasteiger partial charge in [0.2, 0.25) is 0 Å². The molecule has 0 amide bonds. The van der Waals surface area contributed by atoms with E-state index in [0.29, 0.717) is 6.04 Å². The number of benzene rings is 1. The third kappa shape index (κ3) is 1.49. The third-order valence-corrected chi connectivity index (χ3v) is 7.94. The van der Waals surface area contributed by atoms with Crippen LogP contribution in [0.3, 0.4) is 0 Å². The third-order valence-electron chi connectivity index (χ3n) is 7.94. The quantitative estimate of drug-likeness (QED) is 0.646. The van der Waals surface area contributed by atoms with Gasteiger partial charge < -0.3 is 14.8 Å². The molecule has 1 saturated carbocycles. The van der Waals surface area contributed by atoms with Crippen molar-refractivity contribution >= 4 is 11.7 Å². The number of rotatable bonds is 2. The van der Waals surface area contributed by atoms with Gasteiger partial charge in [-0.2, -0.15) is 0 Å². The molecule has 140 valence electrons. The second-order valence-corrected chi connectivity index (χ2v) is 8.60. The fourth-order valence-corrected chi connectivity index (χ4v) is 7.16. The number of ether oxygens (including phenoxy) is 2. The molecule has 3 spiro atoms. The Morgan fingerprint density at radius 2 is 2.15 bits per heavy atom. The van der Waals surface area contributed by atoms with Gasteiger partial charge in [-0.25, -0.2) is 4.79 Å². The molecule has 3 aliphatic carbocycles. The van der Waals surface area contributed by atoms with Crippen LogP contribution < -0.4 is 10.1 Å². The van der Waals surface area contributed by atoms with Crippen molar-refractivity contribution in [2.45, 2.75) is 36.3 Å². The average Bonchev–Trinajstić information content (AvgIpc) is 3.25. The summed E-state index contributed by atoms with van der Waals surface area (Å²) in [6, 6.07) is 6.71. The molecule has 7 rings (SSSR count). The highest BCUT2D eigenvalue weighted by Gasteiger charge is 2.76. The number of anilines is 1. The molecule has 5 heteroatoms. The molecule has 4 unspecified atom stereocenters. The highest BCUT2D eigenvalue weighted by molar-refractivity contribution is 5.96. The first kappa shape index (κ1) is 15.8. The summed E-state index contributed by atoms with van der Waals surface area (Å²) in [5.41, 5.74) is 2.54. The SMILES string of the molecule is COC(=O)C1=CC23C=CCN4CCC5(c6cccc(OC)c6NC15CC2)C43. The molecule has 4 atom stereocenters. The second-order valence-electron chi connectivity index (χ2n) is 8.60. The fourth-order valence-electron chi connectivity index (χ4n) is 7.16. The van der Waals surface area contributed by atoms with Crippen molar-refractivity contribution in [1.82, 2.24) is 4.90 Å². The van der Waals surface area contributed by atoms with Gasteiger partial charge in [0.25, 0.3) is 0 Å². The highest BCUT2D eigenvalue weighted by Crippen LogP contribution is 2.72. The van der Waals surface area contributed by atoms with Crippen molar-refractivity contribution in [3.05, 3.63) is 47.6 Å². The molecule has 3 heterocycles. The zero-order chi connectivity index (χ0) is 18.4. The van der Waals surface area contributed by atoms with Crippen LogP contribution in [0.5, 0.6) is 5.75 Å². The van der Waals surface area contributed by atoms with E-state index in [-0.39, 0.29) is 16.8 Å². The molecule has 1 aromatic carbocycles. The van der Waals surface area contributed by atoms with E-state index in [1.165, 1.54) is 12.7 Å². The summed E-state index contributed by atoms with van der Waals surface area (Å²) < 4.78 is 11.0. The van der Waals surface area contributed by atoms with Crippen molar-refractivity contribution in [3.8, 4) is 5.75 Å². The number of nitrogens with zero attached hydrogens (tertiary/aromatic N) is 1. The van der Waals surface area contributed by atoms with Crippen molar-refractivity contribution < 1.29 is 14.3 Å². The van der Waals surface area contributed by atoms with E-state index in [0.717, 1.165) is 49.4 Å². The van der Waals surface area contributed by atoms with Gasteiger partial charge in [-0.15, -0.1) is 0 Å². The maximum Gasteiger partial charge on any atom is 0.335 e. The molecule has 1 N–H and O–H groups in total. The molecule has 6 aliphatic rings. The smallest absolute Gasteiger partial charge is 0.335 e. The Kier molecular flexibility index (Phi) is 2.78. The molecule has 2 bridgehead atoms. The Morgan fingerprint density at radius 1 is 1.26 bits per heavy atom. The van der Waals surface area contributed by atoms with E-state index in [1.54, 1.807) is 7.11 Å². The molecule has 0 aromatic heterocycles. The lowest BCUT2D eigenvalue weighted by Gasteiger charge is -2.63. The van der Waals surface area contributed by atoms with Gasteiger partial charge >= 0.3 is 5.97 Å². The molecule has 3 aliphatic heterocycles. The number of carbonyl (C=O) groups is 1. The van der Waals surface area contributed by atoms with E-state index in [2.05, 4.69) is 40.6 Å². The topological polar surface area (TPSA) is 50.8 Å². The molecular formula is C22H24N2O3. The Morgan fingerprint density at radius 3 is 2.96 bits per heavy atom. The van der Waals surface area contributed by atoms with Crippen LogP contribution in [-0.4, -0.2) is 49.8 Å². The largest absolute Gasteiger partial charge is 0.495 e. The van der Waals surface area contributed by atoms with Crippen molar-refractivity contribution in [3.63, 3.8) is 0 Å². The van der Waals surface area contributed by atoms with Gasteiger partial charge in [0.1, 0.15) is 5.75 Å². The summed E-state index contributed by atoms with van der Waals surface area (Å²) in [6.45, 7) is 2.05. The minimum absolute atomic E-state index is 0.0909. The summed E-state index contributed by atoms with van der Waals surface area (Å²) in [4.78, 5) is 15.6. The molecule has 5 nitrogen and oxygen atoms in total. The average molecular weight is 364 g/mol. The van der Waals surface area contributed by atoms with Crippen LogP contribution in [0, 0.1) is 5.41 Å². The molecule has 1 aromatic rings. The van der Waals surface area contributed by atoms with E-state index < -0.39 is 5.54 Å². The molecule has 0 radical (unpaired) electrons. The van der Waals surface area contributed by atoms with Gasteiger partial charge in [0.15, 0.2) is 0 Å². The van der Waals surface area contributed by atoms with Crippen LogP contribution >= 0.6 is 0 Å². The van der Waals surface area contributed by atoms with Crippen molar-refractivity contribution in [1.29, 1.82) is 0 Å². The minimum Gasteiger partial charge on any atom is -0.495 e. The summed E-state index contributed by atoms with van der Waals surface area (Å²) >= 11 is 0. The normalized spacial score (nSPS) is 39.9. The maximum absolute atomic E-state index is 12.9. The number of fused-ring (bicyclic) bond motifs is 2. The summed E-state index contributed by atoms with van der Waals surface area (Å²) in [5.74, 6) is 0.653. The Bertz CT molecular complexity index is 937. The minimum atomic E-state index is -0.413. The molecule has 2 fully saturated rings. The van der Waals surface area contributed by atoms with E-state index in [9.17, 15) is 4.79 Å². The lowest BCUT2D eigenvalue weighted by molar-refractivity contribution is -0.138. The standard InChI is InChI=1S/C22H24N2O3/c1-26-16-6-3-5-14-17(16)23-22-9-8-20(13-15(22)18(25)27-2)7-4-11-24-12-10-21(14,22)19(20)24/h3-7,13,19,23H,8-12H2,1-2H3. The summed E-state index contributed by atoms with van der Waals surface area (Å²) in [5, 5.41) is 3.83. The molecule has 1 saturated heterocycles. The zero-order valence-corrected chi connectivity index (χ0v) is 15.7. The van der Waals surface area contributed by atoms with E-state index in [1.807, 2.05) is 6.07 Å². The first-order valence-electron chi connectivity index (χ1n) is 9.81. The van der Waals surface area contributed by atoms with Crippen LogP contribution in [-0.2, 0) is 14.9 Å². The van der Waals surface area contributed by atoms with Gasteiger partial charge in [-0.3, -0.25) is 4.90 Å². The number of esters is 1. The van der Waals surface area contributed by atoms with Crippen molar-refractivity contribution in [2.75, 3.05) is 32.6 Å². The number of para-hydroxylation sites is 1. The number of nitrogens with one attached hydrogen (secondary N) is 1. The Balaban J connectivity index is 1.71. The zero-order valence-electron chi connectivity index (χ0n) is 15.7. The monoisotopic (exact) mass is 364 g/mol. The van der Waals surface area contributed by atoms with Crippen LogP contribution in [0.1, 0.15) is 24.8 Å². The lowest BCUT2D eigenvalue weighted by atomic mass is 9.43. The predicted octanol–water partition coefficient (Wildman–Crippen LogP) is 2.63. The van der Waals surface area contributed by atoms with Gasteiger partial charge in [-0.05, 0) is 37.4 Å². The fraction of sp³-hybridized carbons (Fsp3) is 0.500. The summed E-state index contributed by atoms with van der Waals surface area (Å²) in [6.07, 6.45) is 9.91. The number of carbonyl (C=O) groups excluding carboxylic acids is 1. The predicted molar refractivity (Wildman–Crippen MR) is 102 cm³/mol. The molecular weight excluding hydrogens is 340 g/mol. The number of hydrogen-bond acceptors (Lipinski definition) is 5. The van der Waals surface area contributed by atoms with Crippen LogP contribution in [0.15, 0.2) is 42.0 Å². The van der Waals surface area contributed by atoms with Crippen molar-refractivity contribution in [2.24, 2.45) is 5.41 Å². The van der Waals surface area contributed by atoms with Crippen LogP contribution in [0.25, 0.3) is 0 Å². The highest BCUT2D eigenvalue weighted by atomic mass is 16.5. The Hall–Kier alpha value is -2.27. The van der Waals surface area contributed by atoms with E-state index in [4.69, 9.17) is 9.47 Å². The number of hydrogen-bond donors (Lipinski definition) is 1. The second kappa shape index (κ2) is 4.76. The Labute approximate surface area is 159 Å². The van der Waals surface area contributed by atoms with Gasteiger partial charge in [0, 0.05) is 23.4 Å². The van der Waals surface area contributed by atoms with Gasteiger partial charge in [0.05, 0.1) is 31.0 Å². The maximum atomic E-state index is 12.9. The van der Waals surface area contributed by atoms with Gasteiger partial charge in [-0.1, -0.05) is 30.4 Å².